The predicted molar refractivity (Wildman–Crippen MR) is 66.2 cm³/mol. The number of carbonyl (C=O) groups excluding carboxylic acids is 1. The molecule has 0 atom stereocenters. The van der Waals surface area contributed by atoms with Crippen LogP contribution >= 0.6 is 0 Å². The number of hydrogen-bond acceptors (Lipinski definition) is 6. The molecule has 0 saturated heterocycles. The second-order valence-electron chi connectivity index (χ2n) is 3.64. The fourth-order valence-corrected chi connectivity index (χ4v) is 1.50. The molecule has 2 aromatic rings. The molecule has 0 saturated carbocycles. The Morgan fingerprint density at radius 2 is 2.17 bits per heavy atom. The topological polar surface area (TPSA) is 91.0 Å². The maximum Gasteiger partial charge on any atom is 0.182 e. The lowest BCUT2D eigenvalue weighted by Gasteiger charge is -2.06. The Bertz CT molecular complexity index is 598. The molecule has 0 unspecified atom stereocenters. The molecule has 0 amide bonds. The van der Waals surface area contributed by atoms with Crippen molar-refractivity contribution in [3.05, 3.63) is 30.2 Å². The smallest absolute Gasteiger partial charge is 0.182 e. The van der Waals surface area contributed by atoms with Crippen LogP contribution in [0.1, 0.15) is 17.4 Å². The Labute approximate surface area is 104 Å². The maximum absolute atomic E-state index is 11.5. The Hall–Kier alpha value is -2.50. The quantitative estimate of drug-likeness (QED) is 0.819. The highest BCUT2D eigenvalue weighted by atomic mass is 16.5. The van der Waals surface area contributed by atoms with Gasteiger partial charge in [-0.05, 0) is 12.1 Å². The molecule has 6 nitrogen and oxygen atoms in total. The van der Waals surface area contributed by atoms with E-state index in [1.54, 1.807) is 18.3 Å². The molecule has 0 aliphatic heterocycles. The predicted octanol–water partition coefficient (Wildman–Crippen LogP) is 1.33. The van der Waals surface area contributed by atoms with Crippen LogP contribution in [0.3, 0.4) is 0 Å². The minimum atomic E-state index is -0.183. The van der Waals surface area contributed by atoms with E-state index in [0.717, 1.165) is 0 Å². The molecule has 0 bridgehead atoms. The van der Waals surface area contributed by atoms with Gasteiger partial charge in [-0.1, -0.05) is 0 Å². The summed E-state index contributed by atoms with van der Waals surface area (Å²) < 4.78 is 5.04. The second kappa shape index (κ2) is 4.79. The van der Waals surface area contributed by atoms with Crippen molar-refractivity contribution in [2.24, 2.45) is 0 Å². The first-order valence-electron chi connectivity index (χ1n) is 5.25. The third-order valence-electron chi connectivity index (χ3n) is 2.35. The molecule has 6 heteroatoms. The molecule has 92 valence electrons. The van der Waals surface area contributed by atoms with E-state index in [1.807, 2.05) is 0 Å². The molecule has 0 fully saturated rings. The largest absolute Gasteiger partial charge is 0.493 e. The number of carbonyl (C=O) groups is 1. The van der Waals surface area contributed by atoms with Crippen LogP contribution in [0.15, 0.2) is 24.5 Å². The van der Waals surface area contributed by atoms with E-state index in [1.165, 1.54) is 20.2 Å². The highest BCUT2D eigenvalue weighted by molar-refractivity contribution is 5.95. The first-order chi connectivity index (χ1) is 8.61. The summed E-state index contributed by atoms with van der Waals surface area (Å²) in [6.45, 7) is 1.43. The molecule has 0 spiro atoms. The van der Waals surface area contributed by atoms with Crippen LogP contribution in [0.25, 0.3) is 11.4 Å². The van der Waals surface area contributed by atoms with Crippen LogP contribution in [-0.2, 0) is 0 Å². The van der Waals surface area contributed by atoms with Crippen molar-refractivity contribution in [2.45, 2.75) is 6.92 Å². The minimum absolute atomic E-state index is 0.183. The molecule has 0 radical (unpaired) electrons. The van der Waals surface area contributed by atoms with Crippen molar-refractivity contribution in [1.82, 2.24) is 15.0 Å². The van der Waals surface area contributed by atoms with Gasteiger partial charge in [-0.3, -0.25) is 4.79 Å². The minimum Gasteiger partial charge on any atom is -0.493 e. The third-order valence-corrected chi connectivity index (χ3v) is 2.35. The van der Waals surface area contributed by atoms with Gasteiger partial charge in [0, 0.05) is 18.7 Å². The van der Waals surface area contributed by atoms with Gasteiger partial charge >= 0.3 is 0 Å². The van der Waals surface area contributed by atoms with E-state index in [0.29, 0.717) is 23.0 Å². The van der Waals surface area contributed by atoms with Crippen LogP contribution in [0.4, 0.5) is 5.82 Å². The van der Waals surface area contributed by atoms with E-state index in [9.17, 15) is 4.79 Å². The summed E-state index contributed by atoms with van der Waals surface area (Å²) in [6.07, 6.45) is 3.03. The SMILES string of the molecule is COc1cnc(-c2ccnc(N)c2)nc1C(C)=O. The summed E-state index contributed by atoms with van der Waals surface area (Å²) in [4.78, 5) is 23.7. The molecule has 2 heterocycles. The number of hydrogen-bond donors (Lipinski definition) is 1. The first kappa shape index (κ1) is 12.0. The first-order valence-corrected chi connectivity index (χ1v) is 5.25. The lowest BCUT2D eigenvalue weighted by Crippen LogP contribution is -2.04. The molecule has 0 aliphatic rings. The lowest BCUT2D eigenvalue weighted by molar-refractivity contribution is 0.101. The monoisotopic (exact) mass is 244 g/mol. The number of ketones is 1. The summed E-state index contributed by atoms with van der Waals surface area (Å²) >= 11 is 0. The molecular weight excluding hydrogens is 232 g/mol. The molecular formula is C12H12N4O2. The van der Waals surface area contributed by atoms with Gasteiger partial charge in [-0.15, -0.1) is 0 Å². The van der Waals surface area contributed by atoms with Gasteiger partial charge in [-0.25, -0.2) is 15.0 Å². The maximum atomic E-state index is 11.5. The van der Waals surface area contributed by atoms with Gasteiger partial charge < -0.3 is 10.5 Å². The molecule has 2 rings (SSSR count). The average Bonchev–Trinajstić information content (AvgIpc) is 2.38. The number of aromatic nitrogens is 3. The van der Waals surface area contributed by atoms with Gasteiger partial charge in [0.1, 0.15) is 5.82 Å². The van der Waals surface area contributed by atoms with Crippen LogP contribution in [0.5, 0.6) is 5.75 Å². The number of rotatable bonds is 3. The average molecular weight is 244 g/mol. The van der Waals surface area contributed by atoms with Gasteiger partial charge in [0.15, 0.2) is 23.1 Å². The summed E-state index contributed by atoms with van der Waals surface area (Å²) in [5.41, 5.74) is 6.54. The molecule has 18 heavy (non-hydrogen) atoms. The third kappa shape index (κ3) is 2.27. The standard InChI is InChI=1S/C12H12N4O2/c1-7(17)11-9(18-2)6-15-12(16-11)8-3-4-14-10(13)5-8/h3-6H,1-2H3,(H2,13,14). The summed E-state index contributed by atoms with van der Waals surface area (Å²) in [7, 11) is 1.47. The van der Waals surface area contributed by atoms with E-state index in [2.05, 4.69) is 15.0 Å². The fourth-order valence-electron chi connectivity index (χ4n) is 1.50. The van der Waals surface area contributed by atoms with Gasteiger partial charge in [-0.2, -0.15) is 0 Å². The van der Waals surface area contributed by atoms with Crippen LogP contribution in [0, 0.1) is 0 Å². The summed E-state index contributed by atoms with van der Waals surface area (Å²) in [5.74, 6) is 0.956. The van der Waals surface area contributed by atoms with Gasteiger partial charge in [0.2, 0.25) is 0 Å². The highest BCUT2D eigenvalue weighted by Gasteiger charge is 2.13. The second-order valence-corrected chi connectivity index (χ2v) is 3.64. The van der Waals surface area contributed by atoms with Crippen molar-refractivity contribution in [2.75, 3.05) is 12.8 Å². The van der Waals surface area contributed by atoms with Crippen LogP contribution in [0.2, 0.25) is 0 Å². The molecule has 2 N–H and O–H groups in total. The number of Topliss-reactive ketones (excluding diaryl/α,β-unsaturated/α-hetero) is 1. The van der Waals surface area contributed by atoms with Crippen molar-refractivity contribution < 1.29 is 9.53 Å². The summed E-state index contributed by atoms with van der Waals surface area (Å²) in [6, 6.07) is 3.37. The van der Waals surface area contributed by atoms with Crippen LogP contribution in [-0.4, -0.2) is 27.8 Å². The number of nitrogen functional groups attached to an aromatic ring is 1. The Morgan fingerprint density at radius 3 is 2.78 bits per heavy atom. The number of nitrogens with zero attached hydrogens (tertiary/aromatic N) is 3. The van der Waals surface area contributed by atoms with Gasteiger partial charge in [0.05, 0.1) is 13.3 Å². The zero-order valence-electron chi connectivity index (χ0n) is 10.0. The number of ether oxygens (including phenoxy) is 1. The van der Waals surface area contributed by atoms with E-state index < -0.39 is 0 Å². The van der Waals surface area contributed by atoms with Crippen molar-refractivity contribution >= 4 is 11.6 Å². The van der Waals surface area contributed by atoms with E-state index in [4.69, 9.17) is 10.5 Å². The lowest BCUT2D eigenvalue weighted by atomic mass is 10.2. The number of pyridine rings is 1. The molecule has 2 aromatic heterocycles. The zero-order chi connectivity index (χ0) is 13.1. The molecule has 0 aliphatic carbocycles. The Balaban J connectivity index is 2.53. The normalized spacial score (nSPS) is 10.1. The van der Waals surface area contributed by atoms with E-state index >= 15 is 0 Å². The number of anilines is 1. The van der Waals surface area contributed by atoms with Crippen molar-refractivity contribution in [3.8, 4) is 17.1 Å². The van der Waals surface area contributed by atoms with Crippen molar-refractivity contribution in [3.63, 3.8) is 0 Å². The molecule has 0 aromatic carbocycles. The highest BCUT2D eigenvalue weighted by Crippen LogP contribution is 2.21. The Morgan fingerprint density at radius 1 is 1.39 bits per heavy atom. The number of methoxy groups -OCH3 is 1. The van der Waals surface area contributed by atoms with Crippen molar-refractivity contribution in [1.29, 1.82) is 0 Å². The van der Waals surface area contributed by atoms with Gasteiger partial charge in [0.25, 0.3) is 0 Å². The Kier molecular flexibility index (Phi) is 3.18. The van der Waals surface area contributed by atoms with E-state index in [-0.39, 0.29) is 11.5 Å². The summed E-state index contributed by atoms with van der Waals surface area (Å²) in [5, 5.41) is 0. The number of nitrogens with two attached hydrogens (primary N) is 1. The van der Waals surface area contributed by atoms with Crippen LogP contribution < -0.4 is 10.5 Å². The zero-order valence-corrected chi connectivity index (χ0v) is 10.0. The fraction of sp³-hybridized carbons (Fsp3) is 0.167.